The summed E-state index contributed by atoms with van der Waals surface area (Å²) in [6.07, 6.45) is 4.77. The number of carbonyl (C=O) groups is 2. The third-order valence-electron chi connectivity index (χ3n) is 3.07. The Kier molecular flexibility index (Phi) is 13.9. The van der Waals surface area contributed by atoms with Crippen molar-refractivity contribution in [3.63, 3.8) is 0 Å². The maximum absolute atomic E-state index is 11.3. The smallest absolute Gasteiger partial charge is 0.490 e. The van der Waals surface area contributed by atoms with Crippen LogP contribution in [0, 0.1) is 7.43 Å². The quantitative estimate of drug-likeness (QED) is 0.422. The number of nitrogens with zero attached hydrogens (tertiary/aromatic N) is 1. The van der Waals surface area contributed by atoms with Gasteiger partial charge in [-0.05, 0) is 25.5 Å². The van der Waals surface area contributed by atoms with E-state index in [0.717, 1.165) is 12.2 Å². The molecule has 0 saturated heterocycles. The zero-order valence-electron chi connectivity index (χ0n) is 13.2. The van der Waals surface area contributed by atoms with Gasteiger partial charge < -0.3 is 17.1 Å². The van der Waals surface area contributed by atoms with Crippen molar-refractivity contribution in [1.29, 1.82) is 0 Å². The van der Waals surface area contributed by atoms with Gasteiger partial charge in [0.15, 0.2) is 0 Å². The first-order chi connectivity index (χ1) is 9.13. The largest absolute Gasteiger partial charge is 1.00 e. The number of imide groups is 1. The van der Waals surface area contributed by atoms with Crippen molar-refractivity contribution in [2.24, 2.45) is 0 Å². The number of hydrogen-bond donors (Lipinski definition) is 1. The zero-order valence-corrected chi connectivity index (χ0v) is 19.5. The number of allylic oxidation sites excluding steroid dienone is 2. The molecule has 0 radical (unpaired) electrons. The van der Waals surface area contributed by atoms with Crippen molar-refractivity contribution in [3.05, 3.63) is 44.2 Å². The standard InChI is InChI=1S/C14H20N2O3.CH3.Cs/c1-4-12-13(5-2)19-9-8-16(12)11(3)6-7-14(18)15-10-17;;/h4-5,10-11H,1-2,6-9H2,3H3,(H,15,17,18);1H3;/q;-1;+1. The van der Waals surface area contributed by atoms with Crippen LogP contribution in [0.15, 0.2) is 36.8 Å². The van der Waals surface area contributed by atoms with Crippen LogP contribution in [0.3, 0.4) is 0 Å². The molecule has 6 heteroatoms. The Morgan fingerprint density at radius 3 is 2.67 bits per heavy atom. The third kappa shape index (κ3) is 7.21. The van der Waals surface area contributed by atoms with Crippen LogP contribution in [0.1, 0.15) is 19.8 Å². The molecule has 21 heavy (non-hydrogen) atoms. The van der Waals surface area contributed by atoms with Gasteiger partial charge in [0.05, 0.1) is 12.2 Å². The first-order valence-electron chi connectivity index (χ1n) is 6.25. The molecular formula is C15H23CsN2O3. The van der Waals surface area contributed by atoms with E-state index in [1.54, 1.807) is 12.2 Å². The molecule has 1 aliphatic rings. The molecule has 0 bridgehead atoms. The van der Waals surface area contributed by atoms with Crippen LogP contribution in [0.4, 0.5) is 0 Å². The van der Waals surface area contributed by atoms with Crippen molar-refractivity contribution < 1.29 is 83.2 Å². The van der Waals surface area contributed by atoms with Crippen molar-refractivity contribution in [2.45, 2.75) is 25.8 Å². The third-order valence-corrected chi connectivity index (χ3v) is 3.07. The number of carbonyl (C=O) groups excluding carboxylic acids is 2. The van der Waals surface area contributed by atoms with E-state index in [-0.39, 0.29) is 88.3 Å². The molecule has 1 unspecified atom stereocenters. The zero-order chi connectivity index (χ0) is 14.3. The van der Waals surface area contributed by atoms with Gasteiger partial charge in [0.2, 0.25) is 12.3 Å². The van der Waals surface area contributed by atoms with Crippen molar-refractivity contribution in [3.8, 4) is 0 Å². The molecule has 5 nitrogen and oxygen atoms in total. The van der Waals surface area contributed by atoms with Gasteiger partial charge in [-0.1, -0.05) is 13.2 Å². The first kappa shape index (κ1) is 23.3. The molecule has 0 aliphatic carbocycles. The summed E-state index contributed by atoms with van der Waals surface area (Å²) in [4.78, 5) is 23.6. The number of rotatable bonds is 7. The van der Waals surface area contributed by atoms with Crippen LogP contribution in [0.5, 0.6) is 0 Å². The van der Waals surface area contributed by atoms with Crippen LogP contribution >= 0.6 is 0 Å². The topological polar surface area (TPSA) is 58.6 Å². The maximum Gasteiger partial charge on any atom is 1.00 e. The number of amides is 2. The number of ether oxygens (including phenoxy) is 1. The van der Waals surface area contributed by atoms with Crippen LogP contribution in [-0.2, 0) is 14.3 Å². The summed E-state index contributed by atoms with van der Waals surface area (Å²) in [6.45, 7) is 10.9. The summed E-state index contributed by atoms with van der Waals surface area (Å²) in [6, 6.07) is 0.157. The Balaban J connectivity index is 0. The molecule has 0 aromatic heterocycles. The van der Waals surface area contributed by atoms with E-state index in [1.807, 2.05) is 6.92 Å². The fourth-order valence-electron chi connectivity index (χ4n) is 2.06. The second-order valence-electron chi connectivity index (χ2n) is 4.27. The molecule has 0 aromatic rings. The van der Waals surface area contributed by atoms with Gasteiger partial charge in [-0.2, -0.15) is 0 Å². The van der Waals surface area contributed by atoms with E-state index in [9.17, 15) is 9.59 Å². The van der Waals surface area contributed by atoms with Crippen molar-refractivity contribution in [2.75, 3.05) is 13.2 Å². The number of hydrogen-bond acceptors (Lipinski definition) is 4. The average molecular weight is 412 g/mol. The van der Waals surface area contributed by atoms with Gasteiger partial charge in [0.25, 0.3) is 0 Å². The predicted molar refractivity (Wildman–Crippen MR) is 79.4 cm³/mol. The fourth-order valence-corrected chi connectivity index (χ4v) is 2.06. The normalized spacial score (nSPS) is 14.8. The van der Waals surface area contributed by atoms with E-state index in [4.69, 9.17) is 4.74 Å². The molecule has 0 fully saturated rings. The monoisotopic (exact) mass is 412 g/mol. The maximum atomic E-state index is 11.3. The van der Waals surface area contributed by atoms with E-state index in [0.29, 0.717) is 31.6 Å². The Morgan fingerprint density at radius 1 is 1.48 bits per heavy atom. The van der Waals surface area contributed by atoms with E-state index in [1.165, 1.54) is 0 Å². The van der Waals surface area contributed by atoms with Gasteiger partial charge in [-0.15, -0.1) is 0 Å². The summed E-state index contributed by atoms with van der Waals surface area (Å²) in [5.41, 5.74) is 0.893. The second kappa shape index (κ2) is 12.5. The molecule has 1 N–H and O–H groups in total. The van der Waals surface area contributed by atoms with Gasteiger partial charge in [-0.25, -0.2) is 0 Å². The minimum Gasteiger partial charge on any atom is -0.490 e. The molecule has 1 heterocycles. The molecule has 112 valence electrons. The minimum atomic E-state index is -0.261. The first-order valence-corrected chi connectivity index (χ1v) is 6.25. The summed E-state index contributed by atoms with van der Waals surface area (Å²) in [5.74, 6) is 0.452. The molecule has 0 saturated carbocycles. The van der Waals surface area contributed by atoms with Gasteiger partial charge in [-0.3, -0.25) is 14.9 Å². The molecule has 0 spiro atoms. The molecule has 2 amide bonds. The molecular weight excluding hydrogens is 389 g/mol. The number of nitrogens with one attached hydrogen (secondary N) is 1. The predicted octanol–water partition coefficient (Wildman–Crippen LogP) is -1.20. The van der Waals surface area contributed by atoms with Gasteiger partial charge >= 0.3 is 68.9 Å². The molecule has 1 rings (SSSR count). The summed E-state index contributed by atoms with van der Waals surface area (Å²) >= 11 is 0. The van der Waals surface area contributed by atoms with Gasteiger partial charge in [0.1, 0.15) is 12.4 Å². The van der Waals surface area contributed by atoms with Crippen molar-refractivity contribution in [1.82, 2.24) is 10.2 Å². The molecule has 0 aromatic carbocycles. The summed E-state index contributed by atoms with van der Waals surface area (Å²) < 4.78 is 5.50. The Morgan fingerprint density at radius 2 is 2.14 bits per heavy atom. The van der Waals surface area contributed by atoms with Crippen LogP contribution in [0.25, 0.3) is 0 Å². The van der Waals surface area contributed by atoms with Crippen LogP contribution < -0.4 is 74.2 Å². The molecule has 1 atom stereocenters. The minimum absolute atomic E-state index is 0. The second-order valence-corrected chi connectivity index (χ2v) is 4.27. The average Bonchev–Trinajstić information content (AvgIpc) is 2.44. The Bertz CT molecular complexity index is 408. The fraction of sp³-hybridized carbons (Fsp3) is 0.400. The van der Waals surface area contributed by atoms with E-state index < -0.39 is 0 Å². The van der Waals surface area contributed by atoms with E-state index in [2.05, 4.69) is 23.4 Å². The molecule has 1 aliphatic heterocycles. The van der Waals surface area contributed by atoms with Gasteiger partial charge in [0, 0.05) is 12.5 Å². The SMILES string of the molecule is C=CC1=C(C=C)N(C(C)CCC(=O)NC=O)CCO1.[CH3-].[Cs+]. The summed E-state index contributed by atoms with van der Waals surface area (Å²) in [7, 11) is 0. The Labute approximate surface area is 186 Å². The summed E-state index contributed by atoms with van der Waals surface area (Å²) in [5, 5.41) is 2.14. The van der Waals surface area contributed by atoms with Crippen molar-refractivity contribution >= 4 is 12.3 Å². The Hall–Kier alpha value is 0.0119. The van der Waals surface area contributed by atoms with Crippen LogP contribution in [-0.4, -0.2) is 36.4 Å². The van der Waals surface area contributed by atoms with E-state index >= 15 is 0 Å². The van der Waals surface area contributed by atoms with Crippen LogP contribution in [0.2, 0.25) is 0 Å².